The summed E-state index contributed by atoms with van der Waals surface area (Å²) in [4.78, 5) is 41.7. The highest BCUT2D eigenvalue weighted by atomic mass is 16.5. The summed E-state index contributed by atoms with van der Waals surface area (Å²) >= 11 is 0. The quantitative estimate of drug-likeness (QED) is 0.390. The van der Waals surface area contributed by atoms with Gasteiger partial charge in [0.25, 0.3) is 5.56 Å². The van der Waals surface area contributed by atoms with Gasteiger partial charge in [0.05, 0.1) is 18.1 Å². The molecule has 9 nitrogen and oxygen atoms in total. The van der Waals surface area contributed by atoms with E-state index in [9.17, 15) is 14.4 Å². The third kappa shape index (κ3) is 5.87. The molecule has 0 aliphatic heterocycles. The highest BCUT2D eigenvalue weighted by molar-refractivity contribution is 5.89. The van der Waals surface area contributed by atoms with Gasteiger partial charge in [-0.25, -0.2) is 9.78 Å². The molecule has 184 valence electrons. The lowest BCUT2D eigenvalue weighted by Gasteiger charge is -2.14. The molecule has 36 heavy (non-hydrogen) atoms. The van der Waals surface area contributed by atoms with Crippen molar-refractivity contribution < 1.29 is 19.1 Å². The van der Waals surface area contributed by atoms with E-state index >= 15 is 0 Å². The molecule has 1 heterocycles. The molecule has 2 amide bonds. The number of nitrogens with one attached hydrogen (secondary N) is 2. The molecule has 0 unspecified atom stereocenters. The van der Waals surface area contributed by atoms with Gasteiger partial charge in [-0.3, -0.25) is 14.9 Å². The van der Waals surface area contributed by atoms with Crippen molar-refractivity contribution in [3.63, 3.8) is 0 Å². The summed E-state index contributed by atoms with van der Waals surface area (Å²) in [6.45, 7) is 2.10. The number of rotatable bonds is 8. The number of fused-ring (bicyclic) bond motifs is 1. The summed E-state index contributed by atoms with van der Waals surface area (Å²) in [6, 6.07) is 21.5. The number of carbonyl (C=O) groups is 2. The minimum Gasteiger partial charge on any atom is -0.497 e. The maximum atomic E-state index is 13.4. The molecule has 0 spiro atoms. The van der Waals surface area contributed by atoms with E-state index in [-0.39, 0.29) is 36.9 Å². The van der Waals surface area contributed by atoms with Gasteiger partial charge < -0.3 is 19.4 Å². The first-order valence-electron chi connectivity index (χ1n) is 11.4. The fourth-order valence-electron chi connectivity index (χ4n) is 3.70. The zero-order valence-corrected chi connectivity index (χ0v) is 20.0. The van der Waals surface area contributed by atoms with Crippen LogP contribution in [0.3, 0.4) is 0 Å². The number of carbonyl (C=O) groups excluding carboxylic acids is 2. The van der Waals surface area contributed by atoms with Crippen LogP contribution in [-0.2, 0) is 22.7 Å². The van der Waals surface area contributed by atoms with Gasteiger partial charge in [-0.05, 0) is 48.0 Å². The van der Waals surface area contributed by atoms with Gasteiger partial charge in [0, 0.05) is 31.3 Å². The Labute approximate surface area is 207 Å². The topological polar surface area (TPSA) is 112 Å². The Bertz CT molecular complexity index is 1430. The number of methoxy groups -OCH3 is 1. The first-order chi connectivity index (χ1) is 17.4. The molecular formula is C27H26N4O5. The van der Waals surface area contributed by atoms with E-state index in [0.29, 0.717) is 28.0 Å². The van der Waals surface area contributed by atoms with Gasteiger partial charge in [0.15, 0.2) is 0 Å². The lowest BCUT2D eigenvalue weighted by Crippen LogP contribution is -2.31. The van der Waals surface area contributed by atoms with Crippen LogP contribution in [0.4, 0.5) is 10.5 Å². The van der Waals surface area contributed by atoms with Gasteiger partial charge in [-0.1, -0.05) is 30.3 Å². The van der Waals surface area contributed by atoms with E-state index in [2.05, 4.69) is 15.6 Å². The number of hydrogen-bond donors (Lipinski definition) is 2. The van der Waals surface area contributed by atoms with Crippen LogP contribution in [0.5, 0.6) is 5.75 Å². The number of hydrogen-bond acceptors (Lipinski definition) is 6. The fraction of sp³-hybridized carbons (Fsp3) is 0.185. The first-order valence-corrected chi connectivity index (χ1v) is 11.4. The van der Waals surface area contributed by atoms with Crippen LogP contribution in [0.2, 0.25) is 0 Å². The van der Waals surface area contributed by atoms with Crippen molar-refractivity contribution in [1.82, 2.24) is 14.9 Å². The molecule has 0 aliphatic rings. The number of amides is 2. The van der Waals surface area contributed by atoms with Crippen molar-refractivity contribution in [1.29, 1.82) is 0 Å². The highest BCUT2D eigenvalue weighted by Crippen LogP contribution is 2.23. The van der Waals surface area contributed by atoms with E-state index < -0.39 is 6.09 Å². The molecule has 9 heteroatoms. The zero-order valence-electron chi connectivity index (χ0n) is 20.0. The maximum Gasteiger partial charge on any atom is 0.411 e. The molecule has 0 atom stereocenters. The Balaban J connectivity index is 1.65. The Kier molecular flexibility index (Phi) is 7.60. The van der Waals surface area contributed by atoms with E-state index in [1.165, 1.54) is 6.92 Å². The summed E-state index contributed by atoms with van der Waals surface area (Å²) in [7, 11) is 1.57. The molecule has 0 radical (unpaired) electrons. The molecule has 1 aromatic heterocycles. The van der Waals surface area contributed by atoms with Crippen molar-refractivity contribution >= 4 is 28.7 Å². The van der Waals surface area contributed by atoms with Crippen LogP contribution in [0.1, 0.15) is 12.5 Å². The predicted octanol–water partition coefficient (Wildman–Crippen LogP) is 3.96. The molecular weight excluding hydrogens is 460 g/mol. The van der Waals surface area contributed by atoms with E-state index in [4.69, 9.17) is 9.47 Å². The maximum absolute atomic E-state index is 13.4. The highest BCUT2D eigenvalue weighted by Gasteiger charge is 2.15. The van der Waals surface area contributed by atoms with Crippen molar-refractivity contribution in [2.24, 2.45) is 0 Å². The second-order valence-electron chi connectivity index (χ2n) is 8.02. The van der Waals surface area contributed by atoms with Gasteiger partial charge in [-0.15, -0.1) is 0 Å². The van der Waals surface area contributed by atoms with Crippen molar-refractivity contribution in [2.45, 2.75) is 20.1 Å². The number of ether oxygens (including phenoxy) is 2. The molecule has 3 aromatic carbocycles. The van der Waals surface area contributed by atoms with Crippen LogP contribution >= 0.6 is 0 Å². The number of aromatic nitrogens is 2. The molecule has 0 fully saturated rings. The zero-order chi connectivity index (χ0) is 25.5. The smallest absolute Gasteiger partial charge is 0.411 e. The average Bonchev–Trinajstić information content (AvgIpc) is 2.89. The van der Waals surface area contributed by atoms with Crippen molar-refractivity contribution in [2.75, 3.05) is 19.0 Å². The van der Waals surface area contributed by atoms with E-state index in [0.717, 1.165) is 5.56 Å². The second-order valence-corrected chi connectivity index (χ2v) is 8.02. The molecule has 4 aromatic rings. The van der Waals surface area contributed by atoms with E-state index in [1.807, 2.05) is 30.3 Å². The summed E-state index contributed by atoms with van der Waals surface area (Å²) in [5.41, 5.74) is 3.00. The normalized spacial score (nSPS) is 10.6. The van der Waals surface area contributed by atoms with Crippen LogP contribution in [0, 0.1) is 0 Å². The lowest BCUT2D eigenvalue weighted by molar-refractivity contribution is -0.118. The van der Waals surface area contributed by atoms with Crippen molar-refractivity contribution in [3.05, 3.63) is 88.7 Å². The number of benzene rings is 3. The standard InChI is InChI=1S/C27H26N4O5/c1-18(32)28-14-15-31-24-13-10-21(29-27(34)36-17-19-6-4-3-5-7-19)16-23(24)30-25(26(31)33)20-8-11-22(35-2)12-9-20/h3-13,16H,14-15,17H2,1-2H3,(H,28,32)(H,29,34). The predicted molar refractivity (Wildman–Crippen MR) is 137 cm³/mol. The van der Waals surface area contributed by atoms with Gasteiger partial charge in [0.2, 0.25) is 5.91 Å². The summed E-state index contributed by atoms with van der Waals surface area (Å²) < 4.78 is 12.1. The second kappa shape index (κ2) is 11.2. The average molecular weight is 487 g/mol. The number of anilines is 1. The third-order valence-electron chi connectivity index (χ3n) is 5.48. The minimum absolute atomic E-state index is 0.142. The Morgan fingerprint density at radius 3 is 2.44 bits per heavy atom. The summed E-state index contributed by atoms with van der Waals surface area (Å²) in [5.74, 6) is 0.475. The van der Waals surface area contributed by atoms with E-state index in [1.54, 1.807) is 54.1 Å². The molecule has 2 N–H and O–H groups in total. The molecule has 0 saturated heterocycles. The lowest BCUT2D eigenvalue weighted by atomic mass is 10.1. The first kappa shape index (κ1) is 24.5. The third-order valence-corrected chi connectivity index (χ3v) is 5.48. The molecule has 0 aliphatic carbocycles. The molecule has 4 rings (SSSR count). The largest absolute Gasteiger partial charge is 0.497 e. The summed E-state index contributed by atoms with van der Waals surface area (Å²) in [5, 5.41) is 5.42. The Morgan fingerprint density at radius 1 is 1.00 bits per heavy atom. The Hall–Kier alpha value is -4.66. The van der Waals surface area contributed by atoms with Crippen LogP contribution in [-0.4, -0.2) is 35.2 Å². The SMILES string of the molecule is COc1ccc(-c2nc3cc(NC(=O)OCc4ccccc4)ccc3n(CCNC(C)=O)c2=O)cc1. The Morgan fingerprint density at radius 2 is 1.75 bits per heavy atom. The van der Waals surface area contributed by atoms with Gasteiger partial charge >= 0.3 is 6.09 Å². The molecule has 0 bridgehead atoms. The fourth-order valence-corrected chi connectivity index (χ4v) is 3.70. The van der Waals surface area contributed by atoms with Crippen LogP contribution in [0.15, 0.2) is 77.6 Å². The van der Waals surface area contributed by atoms with Crippen molar-refractivity contribution in [3.8, 4) is 17.0 Å². The van der Waals surface area contributed by atoms with Crippen LogP contribution in [0.25, 0.3) is 22.3 Å². The molecule has 0 saturated carbocycles. The van der Waals surface area contributed by atoms with Crippen LogP contribution < -0.4 is 20.9 Å². The van der Waals surface area contributed by atoms with Gasteiger partial charge in [0.1, 0.15) is 18.1 Å². The summed E-state index contributed by atoms with van der Waals surface area (Å²) in [6.07, 6.45) is -0.604. The minimum atomic E-state index is -0.604. The van der Waals surface area contributed by atoms with Gasteiger partial charge in [-0.2, -0.15) is 0 Å². The number of nitrogens with zero attached hydrogens (tertiary/aromatic N) is 2. The monoisotopic (exact) mass is 486 g/mol.